The molecule has 0 radical (unpaired) electrons. The zero-order valence-electron chi connectivity index (χ0n) is 6.76. The summed E-state index contributed by atoms with van der Waals surface area (Å²) in [5.74, 6) is 0. The molecular weight excluding hydrogens is 218 g/mol. The number of nitrogen functional groups attached to an aromatic ring is 1. The van der Waals surface area contributed by atoms with Gasteiger partial charge in [0.2, 0.25) is 0 Å². The van der Waals surface area contributed by atoms with Gasteiger partial charge in [-0.15, -0.1) is 0 Å². The van der Waals surface area contributed by atoms with Crippen molar-refractivity contribution in [1.82, 2.24) is 0 Å². The summed E-state index contributed by atoms with van der Waals surface area (Å²) in [5, 5.41) is 8.64. The van der Waals surface area contributed by atoms with E-state index in [-0.39, 0.29) is 6.61 Å². The van der Waals surface area contributed by atoms with Crippen molar-refractivity contribution in [3.63, 3.8) is 0 Å². The molecule has 0 atom stereocenters. The van der Waals surface area contributed by atoms with E-state index in [1.807, 2.05) is 18.2 Å². The highest BCUT2D eigenvalue weighted by atomic mass is 79.9. The second-order valence-electron chi connectivity index (χ2n) is 2.64. The van der Waals surface area contributed by atoms with Crippen LogP contribution in [0.5, 0.6) is 0 Å². The molecule has 2 nitrogen and oxygen atoms in total. The van der Waals surface area contributed by atoms with Crippen LogP contribution in [-0.2, 0) is 6.42 Å². The van der Waals surface area contributed by atoms with Crippen molar-refractivity contribution in [2.45, 2.75) is 12.8 Å². The third kappa shape index (κ3) is 2.22. The fraction of sp³-hybridized carbons (Fsp3) is 0.333. The number of para-hydroxylation sites is 1. The van der Waals surface area contributed by atoms with Gasteiger partial charge in [-0.1, -0.05) is 12.1 Å². The van der Waals surface area contributed by atoms with Gasteiger partial charge in [0, 0.05) is 16.8 Å². The second-order valence-corrected chi connectivity index (χ2v) is 3.49. The van der Waals surface area contributed by atoms with E-state index in [1.165, 1.54) is 0 Å². The van der Waals surface area contributed by atoms with Crippen LogP contribution in [0.25, 0.3) is 0 Å². The van der Waals surface area contributed by atoms with Gasteiger partial charge in [-0.25, -0.2) is 0 Å². The molecule has 0 fully saturated rings. The van der Waals surface area contributed by atoms with E-state index in [0.29, 0.717) is 0 Å². The van der Waals surface area contributed by atoms with Gasteiger partial charge >= 0.3 is 0 Å². The highest BCUT2D eigenvalue weighted by Crippen LogP contribution is 2.23. The Labute approximate surface area is 80.5 Å². The maximum Gasteiger partial charge on any atom is 0.0491 e. The fourth-order valence-corrected chi connectivity index (χ4v) is 1.48. The van der Waals surface area contributed by atoms with Gasteiger partial charge in [-0.05, 0) is 40.4 Å². The summed E-state index contributed by atoms with van der Waals surface area (Å²) >= 11 is 3.35. The van der Waals surface area contributed by atoms with E-state index in [4.69, 9.17) is 10.8 Å². The molecule has 1 aromatic rings. The number of halogens is 1. The molecule has 3 N–H and O–H groups in total. The van der Waals surface area contributed by atoms with E-state index < -0.39 is 0 Å². The molecule has 3 heteroatoms. The maximum absolute atomic E-state index is 8.64. The largest absolute Gasteiger partial charge is 0.398 e. The van der Waals surface area contributed by atoms with Crippen LogP contribution < -0.4 is 5.73 Å². The molecule has 0 aliphatic heterocycles. The van der Waals surface area contributed by atoms with Crippen molar-refractivity contribution in [1.29, 1.82) is 0 Å². The van der Waals surface area contributed by atoms with Crippen molar-refractivity contribution < 1.29 is 5.11 Å². The highest BCUT2D eigenvalue weighted by Gasteiger charge is 2.00. The number of nitrogens with two attached hydrogens (primary N) is 1. The van der Waals surface area contributed by atoms with Crippen molar-refractivity contribution in [3.05, 3.63) is 28.2 Å². The molecule has 0 heterocycles. The highest BCUT2D eigenvalue weighted by molar-refractivity contribution is 9.10. The summed E-state index contributed by atoms with van der Waals surface area (Å²) in [4.78, 5) is 0. The van der Waals surface area contributed by atoms with Gasteiger partial charge in [-0.3, -0.25) is 0 Å². The molecule has 0 amide bonds. The number of anilines is 1. The lowest BCUT2D eigenvalue weighted by molar-refractivity contribution is 0.288. The first-order valence-corrected chi connectivity index (χ1v) is 4.68. The van der Waals surface area contributed by atoms with E-state index >= 15 is 0 Å². The van der Waals surface area contributed by atoms with Crippen LogP contribution >= 0.6 is 15.9 Å². The minimum absolute atomic E-state index is 0.214. The van der Waals surface area contributed by atoms with E-state index in [0.717, 1.165) is 28.6 Å². The zero-order valence-corrected chi connectivity index (χ0v) is 8.34. The average molecular weight is 230 g/mol. The number of aliphatic hydroxyl groups is 1. The molecule has 0 bridgehead atoms. The number of aryl methyl sites for hydroxylation is 1. The Hall–Kier alpha value is -0.540. The molecule has 0 aromatic heterocycles. The molecule has 0 aliphatic rings. The Morgan fingerprint density at radius 1 is 1.42 bits per heavy atom. The minimum Gasteiger partial charge on any atom is -0.398 e. The summed E-state index contributed by atoms with van der Waals surface area (Å²) in [6.45, 7) is 0.214. The van der Waals surface area contributed by atoms with Gasteiger partial charge in [0.1, 0.15) is 0 Å². The third-order valence-corrected chi connectivity index (χ3v) is 2.44. The molecule has 66 valence electrons. The van der Waals surface area contributed by atoms with E-state index in [1.54, 1.807) is 0 Å². The number of benzene rings is 1. The Morgan fingerprint density at radius 3 is 2.83 bits per heavy atom. The molecule has 0 spiro atoms. The zero-order chi connectivity index (χ0) is 8.97. The molecular formula is C9H12BrNO. The molecule has 1 aromatic carbocycles. The fourth-order valence-electron chi connectivity index (χ4n) is 1.07. The van der Waals surface area contributed by atoms with Crippen molar-refractivity contribution in [2.75, 3.05) is 12.3 Å². The number of rotatable bonds is 3. The quantitative estimate of drug-likeness (QED) is 0.779. The van der Waals surface area contributed by atoms with Crippen LogP contribution in [0.4, 0.5) is 5.69 Å². The van der Waals surface area contributed by atoms with Crippen molar-refractivity contribution in [3.8, 4) is 0 Å². The Bertz CT molecular complexity index is 263. The Balaban J connectivity index is 2.78. The summed E-state index contributed by atoms with van der Waals surface area (Å²) in [6.07, 6.45) is 1.60. The summed E-state index contributed by atoms with van der Waals surface area (Å²) in [5.41, 5.74) is 7.67. The maximum atomic E-state index is 8.64. The first kappa shape index (κ1) is 9.55. The standard InChI is InChI=1S/C9H12BrNO/c10-8-5-1-3-7(9(8)11)4-2-6-12/h1,3,5,12H,2,4,6,11H2. The second kappa shape index (κ2) is 4.48. The predicted octanol–water partition coefficient (Wildman–Crippen LogP) is 1.96. The number of hydrogen-bond acceptors (Lipinski definition) is 2. The van der Waals surface area contributed by atoms with E-state index in [9.17, 15) is 0 Å². The van der Waals surface area contributed by atoms with Crippen molar-refractivity contribution in [2.24, 2.45) is 0 Å². The Morgan fingerprint density at radius 2 is 2.17 bits per heavy atom. The summed E-state index contributed by atoms with van der Waals surface area (Å²) in [6, 6.07) is 5.85. The molecule has 0 saturated heterocycles. The van der Waals surface area contributed by atoms with Gasteiger partial charge in [0.15, 0.2) is 0 Å². The lowest BCUT2D eigenvalue weighted by atomic mass is 10.1. The molecule has 0 saturated carbocycles. The first-order valence-electron chi connectivity index (χ1n) is 3.89. The van der Waals surface area contributed by atoms with Gasteiger partial charge in [-0.2, -0.15) is 0 Å². The number of aliphatic hydroxyl groups excluding tert-OH is 1. The SMILES string of the molecule is Nc1c(Br)cccc1CCCO. The van der Waals surface area contributed by atoms with E-state index in [2.05, 4.69) is 15.9 Å². The minimum atomic E-state index is 0.214. The van der Waals surface area contributed by atoms with Gasteiger partial charge in [0.05, 0.1) is 0 Å². The summed E-state index contributed by atoms with van der Waals surface area (Å²) in [7, 11) is 0. The molecule has 0 unspecified atom stereocenters. The number of hydrogen-bond donors (Lipinski definition) is 2. The topological polar surface area (TPSA) is 46.2 Å². The lowest BCUT2D eigenvalue weighted by Gasteiger charge is -2.05. The van der Waals surface area contributed by atoms with Crippen LogP contribution in [0.1, 0.15) is 12.0 Å². The Kier molecular flexibility index (Phi) is 3.56. The average Bonchev–Trinajstić information content (AvgIpc) is 2.08. The lowest BCUT2D eigenvalue weighted by Crippen LogP contribution is -1.96. The third-order valence-electron chi connectivity index (χ3n) is 1.75. The predicted molar refractivity (Wildman–Crippen MR) is 54.0 cm³/mol. The first-order chi connectivity index (χ1) is 5.75. The van der Waals surface area contributed by atoms with Crippen LogP contribution in [0, 0.1) is 0 Å². The summed E-state index contributed by atoms with van der Waals surface area (Å²) < 4.78 is 0.929. The molecule has 1 rings (SSSR count). The van der Waals surface area contributed by atoms with Gasteiger partial charge in [0.25, 0.3) is 0 Å². The smallest absolute Gasteiger partial charge is 0.0491 e. The monoisotopic (exact) mass is 229 g/mol. The van der Waals surface area contributed by atoms with Crippen LogP contribution in [0.15, 0.2) is 22.7 Å². The van der Waals surface area contributed by atoms with Gasteiger partial charge < -0.3 is 10.8 Å². The van der Waals surface area contributed by atoms with Crippen LogP contribution in [0.2, 0.25) is 0 Å². The van der Waals surface area contributed by atoms with Crippen LogP contribution in [-0.4, -0.2) is 11.7 Å². The molecule has 0 aliphatic carbocycles. The normalized spacial score (nSPS) is 10.2. The van der Waals surface area contributed by atoms with Crippen LogP contribution in [0.3, 0.4) is 0 Å². The molecule has 12 heavy (non-hydrogen) atoms. The van der Waals surface area contributed by atoms with Crippen molar-refractivity contribution >= 4 is 21.6 Å².